The van der Waals surface area contributed by atoms with Crippen molar-refractivity contribution in [2.75, 3.05) is 56.2 Å². The van der Waals surface area contributed by atoms with Crippen LogP contribution in [0.15, 0.2) is 48.5 Å². The molecule has 2 heterocycles. The van der Waals surface area contributed by atoms with Crippen LogP contribution in [0, 0.1) is 0 Å². The summed E-state index contributed by atoms with van der Waals surface area (Å²) in [6.07, 6.45) is 2.73. The zero-order valence-electron chi connectivity index (χ0n) is 26.9. The highest BCUT2D eigenvalue weighted by molar-refractivity contribution is 5.86. The molecule has 4 aromatic carbocycles. The van der Waals surface area contributed by atoms with E-state index in [-0.39, 0.29) is 13.6 Å². The molecule has 0 amide bonds. The summed E-state index contributed by atoms with van der Waals surface area (Å²) < 4.78 is 57.8. The van der Waals surface area contributed by atoms with Gasteiger partial charge in [0.2, 0.25) is 25.1 Å². The molecule has 10 heteroatoms. The second-order valence-electron chi connectivity index (χ2n) is 10.8. The summed E-state index contributed by atoms with van der Waals surface area (Å²) in [5.41, 5.74) is 5.68. The summed E-state index contributed by atoms with van der Waals surface area (Å²) in [6, 6.07) is 15.9. The molecule has 0 atom stereocenters. The van der Waals surface area contributed by atoms with Gasteiger partial charge in [-0.3, -0.25) is 0 Å². The van der Waals surface area contributed by atoms with E-state index >= 15 is 0 Å². The Morgan fingerprint density at radius 1 is 0.413 bits per heavy atom. The molecular weight excluding hydrogens is 592 g/mol. The lowest BCUT2D eigenvalue weighted by atomic mass is 9.93. The number of fused-ring (bicyclic) bond motifs is 2. The van der Waals surface area contributed by atoms with Gasteiger partial charge in [0, 0.05) is 23.3 Å². The second kappa shape index (κ2) is 13.5. The van der Waals surface area contributed by atoms with Gasteiger partial charge >= 0.3 is 0 Å². The molecule has 10 nitrogen and oxygen atoms in total. The van der Waals surface area contributed by atoms with Gasteiger partial charge in [-0.15, -0.1) is 0 Å². The summed E-state index contributed by atoms with van der Waals surface area (Å²) in [5, 5.41) is 0. The minimum absolute atomic E-state index is 0.0788. The molecule has 242 valence electrons. The maximum absolute atomic E-state index is 6.05. The van der Waals surface area contributed by atoms with Crippen molar-refractivity contribution in [1.82, 2.24) is 0 Å². The lowest BCUT2D eigenvalue weighted by Crippen LogP contribution is -2.01. The summed E-state index contributed by atoms with van der Waals surface area (Å²) in [7, 11) is 9.86. The van der Waals surface area contributed by atoms with Gasteiger partial charge in [0.25, 0.3) is 0 Å². The molecule has 4 aromatic rings. The van der Waals surface area contributed by atoms with Crippen LogP contribution >= 0.6 is 0 Å². The van der Waals surface area contributed by atoms with Crippen molar-refractivity contribution >= 4 is 0 Å². The van der Waals surface area contributed by atoms with Gasteiger partial charge in [0.05, 0.1) is 42.7 Å². The summed E-state index contributed by atoms with van der Waals surface area (Å²) in [5.74, 6) is 6.53. The largest absolute Gasteiger partial charge is 0.497 e. The first-order valence-electron chi connectivity index (χ1n) is 14.9. The number of methoxy groups -OCH3 is 6. The van der Waals surface area contributed by atoms with E-state index in [0.29, 0.717) is 60.2 Å². The van der Waals surface area contributed by atoms with E-state index in [1.165, 1.54) is 0 Å². The van der Waals surface area contributed by atoms with E-state index in [0.717, 1.165) is 56.4 Å². The first-order valence-corrected chi connectivity index (χ1v) is 14.9. The van der Waals surface area contributed by atoms with E-state index in [9.17, 15) is 0 Å². The molecule has 46 heavy (non-hydrogen) atoms. The van der Waals surface area contributed by atoms with Crippen molar-refractivity contribution in [3.05, 3.63) is 70.8 Å². The third-order valence-electron chi connectivity index (χ3n) is 8.23. The first kappa shape index (κ1) is 30.9. The van der Waals surface area contributed by atoms with Crippen molar-refractivity contribution in [2.24, 2.45) is 0 Å². The molecule has 0 N–H and O–H groups in total. The Balaban J connectivity index is 1.41. The number of ether oxygens (including phenoxy) is 10. The van der Waals surface area contributed by atoms with E-state index < -0.39 is 0 Å². The summed E-state index contributed by atoms with van der Waals surface area (Å²) in [6.45, 7) is 0.158. The molecular formula is C36H38O10. The van der Waals surface area contributed by atoms with Crippen molar-refractivity contribution < 1.29 is 47.4 Å². The van der Waals surface area contributed by atoms with Crippen molar-refractivity contribution in [3.63, 3.8) is 0 Å². The highest BCUT2D eigenvalue weighted by Crippen LogP contribution is 2.56. The van der Waals surface area contributed by atoms with Gasteiger partial charge < -0.3 is 47.4 Å². The van der Waals surface area contributed by atoms with Crippen LogP contribution in [0.1, 0.15) is 22.3 Å². The van der Waals surface area contributed by atoms with Gasteiger partial charge in [-0.1, -0.05) is 0 Å². The number of hydrogen-bond donors (Lipinski definition) is 0. The minimum Gasteiger partial charge on any atom is -0.497 e. The SMILES string of the molecule is COc1cc(CCc2cc(-c3cc(CCc4cc(OC)cc(OC)c4)c(OC)c4c3OCO4)c3c(c2OC)OCO3)cc(OC)c1. The number of benzene rings is 4. The standard InChI is InChI=1S/C36H38O10/c1-37-25-11-21(12-26(17-25)38-2)7-9-23-15-29(33-35(31(23)41-5)45-19-43-33)30-16-24(32(42-6)36-34(30)44-20-46-36)10-8-22-13-27(39-3)18-28(14-22)40-4/h11-18H,7-10,19-20H2,1-6H3. The Hall–Kier alpha value is -5.12. The number of hydrogen-bond acceptors (Lipinski definition) is 10. The molecule has 0 saturated carbocycles. The lowest BCUT2D eigenvalue weighted by Gasteiger charge is -2.18. The predicted molar refractivity (Wildman–Crippen MR) is 171 cm³/mol. The average Bonchev–Trinajstić information content (AvgIpc) is 3.79. The van der Waals surface area contributed by atoms with Crippen LogP contribution < -0.4 is 47.4 Å². The zero-order chi connectivity index (χ0) is 32.2. The van der Waals surface area contributed by atoms with Crippen LogP contribution in [0.5, 0.6) is 57.5 Å². The smallest absolute Gasteiger partial charge is 0.231 e. The fraction of sp³-hybridized carbons (Fsp3) is 0.333. The Kier molecular flexibility index (Phi) is 9.05. The average molecular weight is 631 g/mol. The molecule has 0 bridgehead atoms. The monoisotopic (exact) mass is 630 g/mol. The molecule has 0 spiro atoms. The van der Waals surface area contributed by atoms with E-state index in [2.05, 4.69) is 12.1 Å². The highest BCUT2D eigenvalue weighted by atomic mass is 16.7. The fourth-order valence-corrected chi connectivity index (χ4v) is 6.00. The van der Waals surface area contributed by atoms with Crippen molar-refractivity contribution in [1.29, 1.82) is 0 Å². The number of rotatable bonds is 13. The van der Waals surface area contributed by atoms with E-state index in [4.69, 9.17) is 47.4 Å². The van der Waals surface area contributed by atoms with Gasteiger partial charge in [-0.05, 0) is 84.3 Å². The molecule has 0 radical (unpaired) electrons. The van der Waals surface area contributed by atoms with Crippen LogP contribution in [0.2, 0.25) is 0 Å². The summed E-state index contributed by atoms with van der Waals surface area (Å²) in [4.78, 5) is 0. The van der Waals surface area contributed by atoms with Crippen LogP contribution in [-0.4, -0.2) is 56.2 Å². The Morgan fingerprint density at radius 3 is 1.09 bits per heavy atom. The molecule has 0 aromatic heterocycles. The van der Waals surface area contributed by atoms with Crippen molar-refractivity contribution in [3.8, 4) is 68.6 Å². The Morgan fingerprint density at radius 2 is 0.761 bits per heavy atom. The molecule has 0 aliphatic carbocycles. The van der Waals surface area contributed by atoms with Crippen LogP contribution in [0.25, 0.3) is 11.1 Å². The zero-order valence-corrected chi connectivity index (χ0v) is 26.9. The maximum Gasteiger partial charge on any atom is 0.231 e. The number of aryl methyl sites for hydroxylation is 4. The molecule has 0 unspecified atom stereocenters. The minimum atomic E-state index is 0.0788. The predicted octanol–water partition coefficient (Wildman–Crippen LogP) is 6.43. The Bertz CT molecular complexity index is 1560. The maximum atomic E-state index is 6.05. The fourth-order valence-electron chi connectivity index (χ4n) is 6.00. The summed E-state index contributed by atoms with van der Waals surface area (Å²) >= 11 is 0. The topological polar surface area (TPSA) is 92.3 Å². The molecule has 2 aliphatic heterocycles. The van der Waals surface area contributed by atoms with Crippen LogP contribution in [0.3, 0.4) is 0 Å². The lowest BCUT2D eigenvalue weighted by molar-refractivity contribution is 0.170. The molecule has 6 rings (SSSR count). The van der Waals surface area contributed by atoms with Gasteiger partial charge in [0.1, 0.15) is 23.0 Å². The molecule has 0 saturated heterocycles. The van der Waals surface area contributed by atoms with Gasteiger partial charge in [0.15, 0.2) is 23.0 Å². The molecule has 2 aliphatic rings. The van der Waals surface area contributed by atoms with Gasteiger partial charge in [-0.25, -0.2) is 0 Å². The third kappa shape index (κ3) is 5.94. The van der Waals surface area contributed by atoms with Crippen molar-refractivity contribution in [2.45, 2.75) is 25.7 Å². The first-order chi connectivity index (χ1) is 22.5. The van der Waals surface area contributed by atoms with Crippen LogP contribution in [-0.2, 0) is 25.7 Å². The molecule has 0 fully saturated rings. The quantitative estimate of drug-likeness (QED) is 0.165. The normalized spacial score (nSPS) is 12.6. The highest BCUT2D eigenvalue weighted by Gasteiger charge is 2.33. The van der Waals surface area contributed by atoms with Gasteiger partial charge in [-0.2, -0.15) is 0 Å². The van der Waals surface area contributed by atoms with E-state index in [1.807, 2.05) is 36.4 Å². The van der Waals surface area contributed by atoms with Crippen LogP contribution in [0.4, 0.5) is 0 Å². The Labute approximate surface area is 268 Å². The second-order valence-corrected chi connectivity index (χ2v) is 10.8. The third-order valence-corrected chi connectivity index (χ3v) is 8.23. The van der Waals surface area contributed by atoms with E-state index in [1.54, 1.807) is 42.7 Å².